The number of hydrogen-bond acceptors (Lipinski definition) is 23. The van der Waals surface area contributed by atoms with Gasteiger partial charge in [0.25, 0.3) is 5.71 Å². The summed E-state index contributed by atoms with van der Waals surface area (Å²) in [5, 5.41) is 20.1. The molecule has 3 atom stereocenters. The fraction of sp³-hybridized carbons (Fsp3) is 0.231. The van der Waals surface area contributed by atoms with Gasteiger partial charge in [0.15, 0.2) is 28.6 Å². The minimum absolute atomic E-state index is 0.171. The number of imidazole rings is 1. The Balaban J connectivity index is 0.595. The van der Waals surface area contributed by atoms with Gasteiger partial charge in [0, 0.05) is 106 Å². The molecule has 3 amide bonds. The fourth-order valence-electron chi connectivity index (χ4n) is 11.7. The summed E-state index contributed by atoms with van der Waals surface area (Å²) in [5.74, 6) is 1.93. The fourth-order valence-corrected chi connectivity index (χ4v) is 12.6. The van der Waals surface area contributed by atoms with Crippen LogP contribution in [0.15, 0.2) is 212 Å². The molecule has 7 N–H and O–H groups in total. The van der Waals surface area contributed by atoms with Crippen molar-refractivity contribution in [1.29, 1.82) is 0 Å². The lowest BCUT2D eigenvalue weighted by Gasteiger charge is -2.21. The summed E-state index contributed by atoms with van der Waals surface area (Å²) in [6.45, 7) is 4.09. The second-order valence-corrected chi connectivity index (χ2v) is 26.2. The van der Waals surface area contributed by atoms with Crippen molar-refractivity contribution in [1.82, 2.24) is 64.5 Å². The van der Waals surface area contributed by atoms with Crippen molar-refractivity contribution in [3.05, 3.63) is 235 Å². The van der Waals surface area contributed by atoms with E-state index in [4.69, 9.17) is 33.6 Å². The number of thiazole rings is 1. The zero-order chi connectivity index (χ0) is 73.0. The summed E-state index contributed by atoms with van der Waals surface area (Å²) in [6.07, 6.45) is 14.5. The lowest BCUT2D eigenvalue weighted by Crippen LogP contribution is -2.20. The first-order valence-electron chi connectivity index (χ1n) is 33.9. The molecule has 12 aromatic rings. The van der Waals surface area contributed by atoms with Crippen LogP contribution in [0.3, 0.4) is 0 Å². The number of nitrogens with one attached hydrogen (secondary N) is 7. The van der Waals surface area contributed by atoms with Crippen molar-refractivity contribution in [2.75, 3.05) is 121 Å². The number of likely N-dealkylation sites (N-methyl/N-ethyl adjacent to an activating group) is 3. The van der Waals surface area contributed by atoms with Gasteiger partial charge >= 0.3 is 0 Å². The van der Waals surface area contributed by atoms with Crippen LogP contribution in [0, 0.1) is 0 Å². The summed E-state index contributed by atoms with van der Waals surface area (Å²) in [4.78, 5) is 90.5. The maximum absolute atomic E-state index is 13.2. The Labute approximate surface area is 611 Å². The molecule has 27 heteroatoms. The molecule has 6 heterocycles. The normalized spacial score (nSPS) is 12.7. The summed E-state index contributed by atoms with van der Waals surface area (Å²) in [7, 11) is 12.9. The van der Waals surface area contributed by atoms with Crippen molar-refractivity contribution in [2.24, 2.45) is 0 Å². The first kappa shape index (κ1) is 73.0. The third kappa shape index (κ3) is 19.7. The predicted molar refractivity (Wildman–Crippen MR) is 411 cm³/mol. The molecule has 0 radical (unpaired) electrons. The molecule has 0 bridgehead atoms. The predicted octanol–water partition coefficient (Wildman–Crippen LogP) is 12.4. The lowest BCUT2D eigenvalue weighted by molar-refractivity contribution is -0.112. The molecule has 0 spiro atoms. The van der Waals surface area contributed by atoms with E-state index < -0.39 is 0 Å². The van der Waals surface area contributed by atoms with Crippen molar-refractivity contribution in [3.63, 3.8) is 0 Å². The Hall–Kier alpha value is -11.8. The number of rotatable bonds is 34. The topological polar surface area (TPSA) is 306 Å². The Morgan fingerprint density at radius 2 is 0.971 bits per heavy atom. The minimum atomic E-state index is -0.273. The van der Waals surface area contributed by atoms with Crippen LogP contribution in [0.1, 0.15) is 45.9 Å². The highest BCUT2D eigenvalue weighted by Crippen LogP contribution is 2.35. The van der Waals surface area contributed by atoms with Crippen LogP contribution in [0.2, 0.25) is 0 Å². The maximum Gasteiger partial charge on any atom is 0.252 e. The van der Waals surface area contributed by atoms with Crippen LogP contribution < -0.4 is 31.9 Å². The molecule has 0 aliphatic carbocycles. The van der Waals surface area contributed by atoms with Crippen LogP contribution in [-0.2, 0) is 41.7 Å². The first-order valence-corrected chi connectivity index (χ1v) is 34.7. The molecule has 0 aliphatic heterocycles. The van der Waals surface area contributed by atoms with E-state index in [0.717, 1.165) is 44.0 Å². The Morgan fingerprint density at radius 3 is 1.52 bits per heavy atom. The average molecular weight is 1430 g/mol. The highest BCUT2D eigenvalue weighted by Gasteiger charge is 2.23. The van der Waals surface area contributed by atoms with Crippen molar-refractivity contribution < 1.29 is 33.0 Å². The number of benzene rings is 6. The third-order valence-corrected chi connectivity index (χ3v) is 17.8. The van der Waals surface area contributed by atoms with E-state index in [2.05, 4.69) is 113 Å². The van der Waals surface area contributed by atoms with Gasteiger partial charge < -0.3 is 60.4 Å². The number of fused-ring (bicyclic) bond motifs is 3. The zero-order valence-corrected chi connectivity index (χ0v) is 60.0. The van der Waals surface area contributed by atoms with E-state index in [1.54, 1.807) is 39.5 Å². The third-order valence-electron chi connectivity index (χ3n) is 16.8. The van der Waals surface area contributed by atoms with Gasteiger partial charge in [0.05, 0.1) is 37.9 Å². The largest absolute Gasteiger partial charge is 0.417 e. The molecule has 0 aliphatic rings. The minimum Gasteiger partial charge on any atom is -0.417 e. The summed E-state index contributed by atoms with van der Waals surface area (Å²) in [5.41, 5.74) is 12.1. The smallest absolute Gasteiger partial charge is 0.252 e. The molecular formula is C78H81N19O7S. The Morgan fingerprint density at radius 1 is 0.495 bits per heavy atom. The molecule has 0 fully saturated rings. The van der Waals surface area contributed by atoms with E-state index in [9.17, 15) is 14.4 Å². The molecule has 6 aromatic carbocycles. The van der Waals surface area contributed by atoms with Crippen LogP contribution in [0.5, 0.6) is 0 Å². The van der Waals surface area contributed by atoms with Crippen LogP contribution in [0.25, 0.3) is 66.2 Å². The number of carbonyl (C=O) groups is 3. The summed E-state index contributed by atoms with van der Waals surface area (Å²) in [6, 6.07) is 48.1. The van der Waals surface area contributed by atoms with Crippen LogP contribution in [0.4, 0.5) is 34.5 Å². The highest BCUT2D eigenvalue weighted by atomic mass is 32.1. The van der Waals surface area contributed by atoms with Gasteiger partial charge in [-0.3, -0.25) is 24.2 Å². The lowest BCUT2D eigenvalue weighted by atomic mass is 10.0. The number of amides is 3. The van der Waals surface area contributed by atoms with E-state index >= 15 is 0 Å². The molecule has 0 saturated heterocycles. The number of nitrogens with zero attached hydrogens (tertiary/aromatic N) is 12. The SMILES string of the molecule is COCC(Nc1ncnc2oc(-c3ccc(NC(=O)C=CCN(C)Cc4cccc(C(COC)Nc5ncnc6sc(-c7ccc(NC(=O)C=CCN(C)Cc8cccc(C(COC)Nc9ncnc%10nc(-c%11ccc(NC(=O)C=CCN(C)C)cc%11)[nH]c9%10)c8)cc7)nc56)c4)cc3)nc12)c1ccccc1. The number of ether oxygens (including phenoxy) is 3. The van der Waals surface area contributed by atoms with Gasteiger partial charge in [-0.05, 0) is 129 Å². The molecule has 26 nitrogen and oxygen atoms in total. The molecule has 6 aromatic heterocycles. The van der Waals surface area contributed by atoms with E-state index in [1.807, 2.05) is 154 Å². The number of oxazole rings is 1. The second kappa shape index (κ2) is 35.4. The molecular weight excluding hydrogens is 1350 g/mol. The average Bonchev–Trinajstić information content (AvgIpc) is 1.65. The zero-order valence-electron chi connectivity index (χ0n) is 59.2. The van der Waals surface area contributed by atoms with Crippen LogP contribution >= 0.6 is 11.3 Å². The summed E-state index contributed by atoms with van der Waals surface area (Å²) >= 11 is 1.45. The maximum atomic E-state index is 13.2. The van der Waals surface area contributed by atoms with E-state index in [0.29, 0.717) is 137 Å². The first-order chi connectivity index (χ1) is 51.2. The molecule has 105 heavy (non-hydrogen) atoms. The Bertz CT molecular complexity index is 5010. The molecule has 12 rings (SSSR count). The quantitative estimate of drug-likeness (QED) is 0.0184. The number of hydrogen-bond donors (Lipinski definition) is 7. The number of aromatic nitrogens is 10. The van der Waals surface area contributed by atoms with E-state index in [1.165, 1.54) is 42.5 Å². The molecule has 0 saturated carbocycles. The number of H-pyrrole nitrogens is 1. The second-order valence-electron chi connectivity index (χ2n) is 25.2. The molecule has 3 unspecified atom stereocenters. The van der Waals surface area contributed by atoms with E-state index in [-0.39, 0.29) is 35.8 Å². The van der Waals surface area contributed by atoms with Crippen molar-refractivity contribution in [2.45, 2.75) is 31.2 Å². The number of aromatic amines is 1. The number of carbonyl (C=O) groups excluding carboxylic acids is 3. The highest BCUT2D eigenvalue weighted by molar-refractivity contribution is 7.21. The number of methoxy groups -OCH3 is 3. The van der Waals surface area contributed by atoms with Crippen molar-refractivity contribution in [3.8, 4) is 33.4 Å². The number of anilines is 6. The van der Waals surface area contributed by atoms with Gasteiger partial charge in [-0.15, -0.1) is 0 Å². The standard InChI is InChI=1S/C78H81N19O7S/c1-95(2)37-13-22-64(98)85-58-31-25-53(26-32-58)70-91-67-71(79-47-80-72(67)94-70)89-62(45-102-6)56-20-11-16-50(40-56)42-96(3)39-15-24-66(100)87-60-35-29-55(30-36-60)77-93-69-74(82-49-84-78(69)105-77)90-63(46-103-7)57-21-12-17-51(41-57)43-97(4)38-14-23-65(99)86-59-33-27-54(28-34-59)75-92-68-73(81-48-83-76(68)104-75)88-61(44-101-5)52-18-9-8-10-19-52/h8-36,40-41,47-49,61-63H,37-39,42-46H2,1-7H3,(H,85,98)(H,86,99)(H,87,100)(H,81,83,88)(H,82,84,90)(H2,79,80,89,91,94). The Kier molecular flexibility index (Phi) is 24.6. The van der Waals surface area contributed by atoms with Crippen LogP contribution in [-0.4, -0.2) is 171 Å². The monoisotopic (exact) mass is 1430 g/mol. The van der Waals surface area contributed by atoms with Gasteiger partial charge in [-0.2, -0.15) is 4.98 Å². The van der Waals surface area contributed by atoms with Crippen molar-refractivity contribution >= 4 is 96.3 Å². The van der Waals surface area contributed by atoms with Gasteiger partial charge in [0.2, 0.25) is 23.6 Å². The summed E-state index contributed by atoms with van der Waals surface area (Å²) < 4.78 is 23.0. The van der Waals surface area contributed by atoms with Gasteiger partial charge in [0.1, 0.15) is 45.7 Å². The molecule has 536 valence electrons. The van der Waals surface area contributed by atoms with Gasteiger partial charge in [-0.1, -0.05) is 108 Å². The van der Waals surface area contributed by atoms with Gasteiger partial charge in [-0.25, -0.2) is 39.9 Å².